The third-order valence-electron chi connectivity index (χ3n) is 10.7. The van der Waals surface area contributed by atoms with Crippen LogP contribution in [0.1, 0.15) is 62.1 Å². The number of likely N-dealkylation sites (N-methyl/N-ethyl adjacent to an activating group) is 1. The number of imide groups is 2. The highest BCUT2D eigenvalue weighted by Gasteiger charge is 2.37. The topological polar surface area (TPSA) is 226 Å². The highest BCUT2D eigenvalue weighted by Crippen LogP contribution is 2.37. The Morgan fingerprint density at radius 2 is 1.18 bits per heavy atom. The second-order valence-electron chi connectivity index (χ2n) is 14.4. The zero-order valence-corrected chi connectivity index (χ0v) is 32.7. The number of amides is 6. The molecule has 0 unspecified atom stereocenters. The van der Waals surface area contributed by atoms with Crippen LogP contribution in [0.25, 0.3) is 21.5 Å². The number of benzene rings is 5. The first-order valence-electron chi connectivity index (χ1n) is 18.6. The molecule has 0 aliphatic carbocycles. The van der Waals surface area contributed by atoms with Crippen LogP contribution < -0.4 is 15.5 Å². The summed E-state index contributed by atoms with van der Waals surface area (Å²) in [6.45, 7) is 2.31. The van der Waals surface area contributed by atoms with Gasteiger partial charge in [0.15, 0.2) is 0 Å². The number of anilines is 1. The van der Waals surface area contributed by atoms with Gasteiger partial charge in [-0.25, -0.2) is 4.90 Å². The number of nitrogens with one attached hydrogen (secondary N) is 2. The minimum atomic E-state index is -0.855. The van der Waals surface area contributed by atoms with Gasteiger partial charge in [-0.05, 0) is 48.2 Å². The van der Waals surface area contributed by atoms with E-state index in [1.54, 1.807) is 35.2 Å². The normalized spacial score (nSPS) is 15.1. The molecule has 60 heavy (non-hydrogen) atoms. The quantitative estimate of drug-likeness (QED) is 0.0833. The van der Waals surface area contributed by atoms with Gasteiger partial charge in [0.2, 0.25) is 0 Å². The Labute approximate surface area is 346 Å². The van der Waals surface area contributed by atoms with Crippen molar-refractivity contribution in [2.75, 3.05) is 64.3 Å². The molecule has 3 aliphatic heterocycles. The second-order valence-corrected chi connectivity index (χ2v) is 14.4. The summed E-state index contributed by atoms with van der Waals surface area (Å²) >= 11 is 0. The van der Waals surface area contributed by atoms with E-state index in [1.807, 2.05) is 7.05 Å². The molecule has 6 amide bonds. The molecule has 5 aromatic rings. The number of carbonyl (C=O) groups is 6. The van der Waals surface area contributed by atoms with Crippen molar-refractivity contribution >= 4 is 86.5 Å². The van der Waals surface area contributed by atoms with Crippen LogP contribution in [0, 0.1) is 20.2 Å². The molecule has 0 bridgehead atoms. The molecule has 0 aromatic heterocycles. The number of nitrogens with zero attached hydrogens (tertiary/aromatic N) is 6. The highest BCUT2D eigenvalue weighted by molar-refractivity contribution is 6.36. The maximum Gasteiger partial charge on any atom is 0.270 e. The maximum atomic E-state index is 14.1. The molecule has 0 atom stereocenters. The van der Waals surface area contributed by atoms with Crippen molar-refractivity contribution in [2.24, 2.45) is 0 Å². The average Bonchev–Trinajstić information content (AvgIpc) is 3.23. The molecule has 1 saturated heterocycles. The summed E-state index contributed by atoms with van der Waals surface area (Å²) < 4.78 is 0. The SMILES string of the molecule is CN1CCN(C(=O)c2cc(C(=O)NCCNCCN3C(=O)c4cccc5cc([N+](=O)[O-])cc(c45)C3=O)cc(N3C(=O)c4cccc5cc([N+](=O)[O-])cc(c45)C3=O)c2)CC1.Cl. The third-order valence-corrected chi connectivity index (χ3v) is 10.7. The Hall–Kier alpha value is -7.15. The van der Waals surface area contributed by atoms with Crippen LogP contribution in [0.2, 0.25) is 0 Å². The minimum Gasteiger partial charge on any atom is -0.351 e. The number of rotatable bonds is 11. The molecule has 18 nitrogen and oxygen atoms in total. The number of hydrogen-bond donors (Lipinski definition) is 2. The lowest BCUT2D eigenvalue weighted by Crippen LogP contribution is -2.47. The number of hydrogen-bond acceptors (Lipinski definition) is 12. The molecule has 19 heteroatoms. The van der Waals surface area contributed by atoms with Gasteiger partial charge in [0, 0.05) is 110 Å². The third kappa shape index (κ3) is 7.27. The summed E-state index contributed by atoms with van der Waals surface area (Å²) in [6, 6.07) is 18.3. The Bertz CT molecular complexity index is 2720. The van der Waals surface area contributed by atoms with Crippen LogP contribution in [0.15, 0.2) is 78.9 Å². The highest BCUT2D eigenvalue weighted by atomic mass is 35.5. The molecule has 3 heterocycles. The maximum absolute atomic E-state index is 14.1. The second kappa shape index (κ2) is 16.2. The number of piperazine rings is 1. The van der Waals surface area contributed by atoms with Gasteiger partial charge in [0.25, 0.3) is 46.8 Å². The number of nitro groups is 2. The van der Waals surface area contributed by atoms with Gasteiger partial charge in [0.1, 0.15) is 0 Å². The summed E-state index contributed by atoms with van der Waals surface area (Å²) in [7, 11) is 1.93. The van der Waals surface area contributed by atoms with Crippen LogP contribution in [-0.4, -0.2) is 119 Å². The Morgan fingerprint density at radius 1 is 0.650 bits per heavy atom. The van der Waals surface area contributed by atoms with Crippen molar-refractivity contribution in [3.8, 4) is 0 Å². The molecule has 1 fully saturated rings. The van der Waals surface area contributed by atoms with E-state index in [2.05, 4.69) is 15.5 Å². The fraction of sp³-hybridized carbons (Fsp3) is 0.220. The van der Waals surface area contributed by atoms with Gasteiger partial charge < -0.3 is 20.4 Å². The number of carbonyl (C=O) groups excluding carboxylic acids is 6. The number of non-ortho nitro benzene ring substituents is 2. The molecule has 5 aromatic carbocycles. The summed E-state index contributed by atoms with van der Waals surface area (Å²) in [5.74, 6) is -3.84. The van der Waals surface area contributed by atoms with Gasteiger partial charge in [-0.15, -0.1) is 12.4 Å². The Morgan fingerprint density at radius 3 is 1.78 bits per heavy atom. The van der Waals surface area contributed by atoms with E-state index < -0.39 is 45.3 Å². The van der Waals surface area contributed by atoms with Crippen molar-refractivity contribution in [3.63, 3.8) is 0 Å². The van der Waals surface area contributed by atoms with E-state index in [1.165, 1.54) is 36.4 Å². The minimum absolute atomic E-state index is 0. The van der Waals surface area contributed by atoms with Crippen LogP contribution >= 0.6 is 12.4 Å². The Balaban J connectivity index is 0.00000544. The lowest BCUT2D eigenvalue weighted by atomic mass is 9.92. The zero-order valence-electron chi connectivity index (χ0n) is 31.8. The van der Waals surface area contributed by atoms with Crippen LogP contribution in [0.5, 0.6) is 0 Å². The summed E-state index contributed by atoms with van der Waals surface area (Å²) in [5.41, 5.74) is -0.316. The predicted molar refractivity (Wildman–Crippen MR) is 220 cm³/mol. The lowest BCUT2D eigenvalue weighted by molar-refractivity contribution is -0.384. The molecule has 8 rings (SSSR count). The number of halogens is 1. The molecule has 0 saturated carbocycles. The smallest absolute Gasteiger partial charge is 0.270 e. The van der Waals surface area contributed by atoms with Crippen LogP contribution in [-0.2, 0) is 0 Å². The lowest BCUT2D eigenvalue weighted by Gasteiger charge is -2.33. The molecule has 3 aliphatic rings. The zero-order chi connectivity index (χ0) is 41.7. The number of nitro benzene ring substituents is 2. The van der Waals surface area contributed by atoms with Crippen molar-refractivity contribution in [3.05, 3.63) is 132 Å². The molecular formula is C41H35ClN8O10. The molecule has 0 spiro atoms. The van der Waals surface area contributed by atoms with Gasteiger partial charge >= 0.3 is 0 Å². The standard InChI is InChI=1S/C41H34N8O10.ClH/c1-44-12-14-45(15-13-44)37(51)26-16-25(19-27(20-26)47-40(54)31-7-3-5-24-18-29(49(58)59)22-33(35(24)31)41(47)55)36(50)43-9-8-42-10-11-46-38(52)30-6-2-4-23-17-28(48(56)57)21-32(34(23)30)39(46)53;/h2-7,16-22,42H,8-15H2,1H3,(H,43,50);1H. The van der Waals surface area contributed by atoms with Gasteiger partial charge in [-0.3, -0.25) is 53.9 Å². The van der Waals surface area contributed by atoms with Crippen molar-refractivity contribution in [1.82, 2.24) is 25.3 Å². The van der Waals surface area contributed by atoms with E-state index in [4.69, 9.17) is 0 Å². The van der Waals surface area contributed by atoms with Gasteiger partial charge in [-0.2, -0.15) is 0 Å². The summed E-state index contributed by atoms with van der Waals surface area (Å²) in [5, 5.41) is 30.5. The van der Waals surface area contributed by atoms with Crippen LogP contribution in [0.4, 0.5) is 17.1 Å². The van der Waals surface area contributed by atoms with Gasteiger partial charge in [-0.1, -0.05) is 24.3 Å². The van der Waals surface area contributed by atoms with E-state index >= 15 is 0 Å². The monoisotopic (exact) mass is 834 g/mol. The largest absolute Gasteiger partial charge is 0.351 e. The fourth-order valence-corrected chi connectivity index (χ4v) is 7.75. The summed E-state index contributed by atoms with van der Waals surface area (Å²) in [4.78, 5) is 110. The van der Waals surface area contributed by atoms with Crippen molar-refractivity contribution in [2.45, 2.75) is 0 Å². The first kappa shape index (κ1) is 41.0. The Kier molecular flexibility index (Phi) is 11.1. The molecule has 0 radical (unpaired) electrons. The van der Waals surface area contributed by atoms with E-state index in [-0.39, 0.29) is 94.4 Å². The first-order chi connectivity index (χ1) is 28.3. The predicted octanol–water partition coefficient (Wildman–Crippen LogP) is 4.04. The van der Waals surface area contributed by atoms with Crippen LogP contribution in [0.3, 0.4) is 0 Å². The average molecular weight is 835 g/mol. The first-order valence-corrected chi connectivity index (χ1v) is 18.6. The molecular weight excluding hydrogens is 800 g/mol. The van der Waals surface area contributed by atoms with Gasteiger partial charge in [0.05, 0.1) is 26.7 Å². The molecule has 306 valence electrons. The fourth-order valence-electron chi connectivity index (χ4n) is 7.75. The van der Waals surface area contributed by atoms with E-state index in [0.29, 0.717) is 42.3 Å². The van der Waals surface area contributed by atoms with Crippen molar-refractivity contribution in [1.29, 1.82) is 0 Å². The van der Waals surface area contributed by atoms with Crippen molar-refractivity contribution < 1.29 is 38.6 Å². The van der Waals surface area contributed by atoms with E-state index in [0.717, 1.165) is 21.9 Å². The summed E-state index contributed by atoms with van der Waals surface area (Å²) in [6.07, 6.45) is 0. The van der Waals surface area contributed by atoms with E-state index in [9.17, 15) is 49.0 Å². The molecule has 2 N–H and O–H groups in total.